The Morgan fingerprint density at radius 2 is 2.10 bits per heavy atom. The van der Waals surface area contributed by atoms with Crippen molar-refractivity contribution in [2.24, 2.45) is 0 Å². The summed E-state index contributed by atoms with van der Waals surface area (Å²) in [6, 6.07) is 4.20. The molecule has 0 amide bonds. The van der Waals surface area contributed by atoms with E-state index in [1.54, 1.807) is 0 Å². The summed E-state index contributed by atoms with van der Waals surface area (Å²) in [5, 5.41) is 0. The molecule has 4 nitrogen and oxygen atoms in total. The molecule has 2 aliphatic heterocycles. The van der Waals surface area contributed by atoms with E-state index in [9.17, 15) is 0 Å². The van der Waals surface area contributed by atoms with Gasteiger partial charge in [-0.3, -0.25) is 9.88 Å². The zero-order valence-electron chi connectivity index (χ0n) is 12.3. The van der Waals surface area contributed by atoms with Crippen molar-refractivity contribution >= 4 is 0 Å². The minimum absolute atomic E-state index is 0.0918. The van der Waals surface area contributed by atoms with Crippen molar-refractivity contribution in [1.29, 1.82) is 0 Å². The molecule has 4 heteroatoms. The zero-order valence-corrected chi connectivity index (χ0v) is 12.3. The summed E-state index contributed by atoms with van der Waals surface area (Å²) in [5.74, 6) is 0. The first kappa shape index (κ1) is 14.0. The number of rotatable bonds is 4. The first-order valence-corrected chi connectivity index (χ1v) is 7.66. The molecule has 2 saturated heterocycles. The van der Waals surface area contributed by atoms with Gasteiger partial charge in [0, 0.05) is 45.1 Å². The maximum atomic E-state index is 6.08. The summed E-state index contributed by atoms with van der Waals surface area (Å²) in [6.07, 6.45) is 7.38. The van der Waals surface area contributed by atoms with Crippen LogP contribution in [0.25, 0.3) is 0 Å². The van der Waals surface area contributed by atoms with Gasteiger partial charge in [-0.15, -0.1) is 0 Å². The Labute approximate surface area is 121 Å². The van der Waals surface area contributed by atoms with Gasteiger partial charge in [0.05, 0.1) is 18.3 Å². The highest BCUT2D eigenvalue weighted by molar-refractivity contribution is 5.09. The predicted molar refractivity (Wildman–Crippen MR) is 77.5 cm³/mol. The minimum atomic E-state index is 0.0918. The van der Waals surface area contributed by atoms with Gasteiger partial charge in [0.1, 0.15) is 0 Å². The van der Waals surface area contributed by atoms with Crippen molar-refractivity contribution in [1.82, 2.24) is 9.88 Å². The van der Waals surface area contributed by atoms with Gasteiger partial charge in [-0.25, -0.2) is 0 Å². The van der Waals surface area contributed by atoms with E-state index in [-0.39, 0.29) is 5.60 Å². The number of nitrogens with zero attached hydrogens (tertiary/aromatic N) is 2. The molecular weight excluding hydrogens is 252 g/mol. The van der Waals surface area contributed by atoms with Crippen LogP contribution >= 0.6 is 0 Å². The van der Waals surface area contributed by atoms with E-state index < -0.39 is 0 Å². The second-order valence-corrected chi connectivity index (χ2v) is 5.91. The lowest BCUT2D eigenvalue weighted by Gasteiger charge is -2.38. The van der Waals surface area contributed by atoms with Crippen LogP contribution in [0.2, 0.25) is 0 Å². The summed E-state index contributed by atoms with van der Waals surface area (Å²) in [5.41, 5.74) is 1.43. The van der Waals surface area contributed by atoms with Crippen LogP contribution in [0.5, 0.6) is 0 Å². The molecule has 0 aliphatic carbocycles. The topological polar surface area (TPSA) is 34.6 Å². The van der Waals surface area contributed by atoms with Gasteiger partial charge >= 0.3 is 0 Å². The van der Waals surface area contributed by atoms with Crippen LogP contribution in [0, 0.1) is 0 Å². The first-order valence-electron chi connectivity index (χ1n) is 7.66. The summed E-state index contributed by atoms with van der Waals surface area (Å²) >= 11 is 0. The normalized spacial score (nSPS) is 26.1. The van der Waals surface area contributed by atoms with Gasteiger partial charge in [0.15, 0.2) is 0 Å². The number of ether oxygens (including phenoxy) is 2. The monoisotopic (exact) mass is 276 g/mol. The number of hydrogen-bond acceptors (Lipinski definition) is 4. The van der Waals surface area contributed by atoms with E-state index in [4.69, 9.17) is 9.47 Å². The van der Waals surface area contributed by atoms with E-state index in [0.29, 0.717) is 6.10 Å². The molecule has 1 aromatic rings. The predicted octanol–water partition coefficient (Wildman–Crippen LogP) is 2.24. The van der Waals surface area contributed by atoms with Gasteiger partial charge < -0.3 is 9.47 Å². The zero-order chi connectivity index (χ0) is 13.8. The highest BCUT2D eigenvalue weighted by Crippen LogP contribution is 2.37. The molecule has 1 aromatic heterocycles. The van der Waals surface area contributed by atoms with Crippen LogP contribution in [-0.2, 0) is 16.0 Å². The van der Waals surface area contributed by atoms with E-state index in [0.717, 1.165) is 52.1 Å². The molecule has 0 aromatic carbocycles. The van der Waals surface area contributed by atoms with Gasteiger partial charge in [-0.1, -0.05) is 0 Å². The van der Waals surface area contributed by atoms with Crippen LogP contribution < -0.4 is 0 Å². The van der Waals surface area contributed by atoms with Gasteiger partial charge in [-0.05, 0) is 37.5 Å². The quantitative estimate of drug-likeness (QED) is 0.845. The van der Waals surface area contributed by atoms with Crippen LogP contribution in [0.3, 0.4) is 0 Å². The number of likely N-dealkylation sites (tertiary alicyclic amines) is 1. The molecule has 0 unspecified atom stereocenters. The second-order valence-electron chi connectivity index (χ2n) is 5.91. The molecule has 0 saturated carbocycles. The van der Waals surface area contributed by atoms with Gasteiger partial charge in [0.25, 0.3) is 0 Å². The summed E-state index contributed by atoms with van der Waals surface area (Å²) < 4.78 is 11.8. The molecule has 1 spiro atoms. The molecule has 1 atom stereocenters. The average molecular weight is 276 g/mol. The molecule has 0 bridgehead atoms. The van der Waals surface area contributed by atoms with E-state index >= 15 is 0 Å². The number of piperidine rings is 1. The molecular formula is C16H24N2O2. The van der Waals surface area contributed by atoms with E-state index in [1.165, 1.54) is 5.56 Å². The van der Waals surface area contributed by atoms with Crippen molar-refractivity contribution in [3.05, 3.63) is 30.1 Å². The van der Waals surface area contributed by atoms with Crippen LogP contribution in [-0.4, -0.2) is 47.9 Å². The van der Waals surface area contributed by atoms with E-state index in [2.05, 4.69) is 28.9 Å². The van der Waals surface area contributed by atoms with Crippen LogP contribution in [0.4, 0.5) is 0 Å². The maximum Gasteiger partial charge on any atom is 0.0836 e. The van der Waals surface area contributed by atoms with Crippen molar-refractivity contribution in [2.75, 3.05) is 26.3 Å². The van der Waals surface area contributed by atoms with Crippen molar-refractivity contribution in [3.63, 3.8) is 0 Å². The Kier molecular flexibility index (Phi) is 4.34. The third-order valence-corrected chi connectivity index (χ3v) is 4.50. The smallest absolute Gasteiger partial charge is 0.0836 e. The first-order chi connectivity index (χ1) is 9.80. The average Bonchev–Trinajstić information content (AvgIpc) is 2.86. The Bertz CT molecular complexity index is 416. The Balaban J connectivity index is 1.50. The Morgan fingerprint density at radius 1 is 1.35 bits per heavy atom. The SMILES string of the molecule is CCO[C@@H]1COC2(CCN(Cc3ccncc3)CC2)C1. The molecule has 20 heavy (non-hydrogen) atoms. The largest absolute Gasteiger partial charge is 0.376 e. The van der Waals surface area contributed by atoms with Gasteiger partial charge in [0.2, 0.25) is 0 Å². The Hall–Kier alpha value is -0.970. The van der Waals surface area contributed by atoms with Gasteiger partial charge in [-0.2, -0.15) is 0 Å². The fraction of sp³-hybridized carbons (Fsp3) is 0.688. The van der Waals surface area contributed by atoms with E-state index in [1.807, 2.05) is 12.4 Å². The number of aromatic nitrogens is 1. The molecule has 3 rings (SSSR count). The highest BCUT2D eigenvalue weighted by atomic mass is 16.6. The molecule has 3 heterocycles. The lowest BCUT2D eigenvalue weighted by Crippen LogP contribution is -2.43. The van der Waals surface area contributed by atoms with Crippen LogP contribution in [0.1, 0.15) is 31.7 Å². The summed E-state index contributed by atoms with van der Waals surface area (Å²) in [6.45, 7) is 6.87. The summed E-state index contributed by atoms with van der Waals surface area (Å²) in [4.78, 5) is 6.58. The Morgan fingerprint density at radius 3 is 2.80 bits per heavy atom. The van der Waals surface area contributed by atoms with Crippen molar-refractivity contribution in [3.8, 4) is 0 Å². The molecule has 0 radical (unpaired) electrons. The molecule has 0 N–H and O–H groups in total. The maximum absolute atomic E-state index is 6.08. The lowest BCUT2D eigenvalue weighted by molar-refractivity contribution is -0.0464. The number of hydrogen-bond donors (Lipinski definition) is 0. The second kappa shape index (κ2) is 6.20. The third kappa shape index (κ3) is 3.19. The fourth-order valence-electron chi connectivity index (χ4n) is 3.36. The minimum Gasteiger partial charge on any atom is -0.376 e. The number of pyridine rings is 1. The third-order valence-electron chi connectivity index (χ3n) is 4.50. The summed E-state index contributed by atoms with van der Waals surface area (Å²) in [7, 11) is 0. The molecule has 2 aliphatic rings. The van der Waals surface area contributed by atoms with Crippen LogP contribution in [0.15, 0.2) is 24.5 Å². The standard InChI is InChI=1S/C16H24N2O2/c1-2-19-15-11-16(20-13-15)5-9-18(10-6-16)12-14-3-7-17-8-4-14/h3-4,7-8,15H,2,5-6,9-13H2,1H3/t15-/m0/s1. The highest BCUT2D eigenvalue weighted by Gasteiger charge is 2.42. The lowest BCUT2D eigenvalue weighted by atomic mass is 9.88. The van der Waals surface area contributed by atoms with Crippen molar-refractivity contribution in [2.45, 2.75) is 44.4 Å². The van der Waals surface area contributed by atoms with Crippen molar-refractivity contribution < 1.29 is 9.47 Å². The molecule has 2 fully saturated rings. The molecule has 110 valence electrons. The fourth-order valence-corrected chi connectivity index (χ4v) is 3.36.